The average molecular weight is 289 g/mol. The quantitative estimate of drug-likeness (QED) is 0.855. The molecule has 1 aromatic carbocycles. The second-order valence-electron chi connectivity index (χ2n) is 7.03. The van der Waals surface area contributed by atoms with Gasteiger partial charge in [0.05, 0.1) is 0 Å². The third-order valence-corrected chi connectivity index (χ3v) is 4.65. The summed E-state index contributed by atoms with van der Waals surface area (Å²) in [6, 6.07) is 9.07. The number of likely N-dealkylation sites (N-methyl/N-ethyl adjacent to an activating group) is 1. The zero-order chi connectivity index (χ0) is 15.4. The van der Waals surface area contributed by atoms with E-state index in [0.29, 0.717) is 17.9 Å². The molecule has 1 fully saturated rings. The maximum atomic E-state index is 6.41. The first kappa shape index (κ1) is 16.4. The molecule has 0 spiro atoms. The van der Waals surface area contributed by atoms with Crippen LogP contribution in [-0.4, -0.2) is 18.7 Å². The highest BCUT2D eigenvalue weighted by molar-refractivity contribution is 5.30. The van der Waals surface area contributed by atoms with Crippen LogP contribution in [0.4, 0.5) is 0 Å². The van der Waals surface area contributed by atoms with Crippen LogP contribution in [0, 0.1) is 11.8 Å². The van der Waals surface area contributed by atoms with E-state index in [0.717, 1.165) is 18.2 Å². The number of hydrogen-bond donors (Lipinski definition) is 1. The van der Waals surface area contributed by atoms with Crippen LogP contribution >= 0.6 is 0 Å². The van der Waals surface area contributed by atoms with Crippen LogP contribution in [0.1, 0.15) is 58.9 Å². The Morgan fingerprint density at radius 1 is 1.24 bits per heavy atom. The minimum atomic E-state index is 0.281. The van der Waals surface area contributed by atoms with Crippen molar-refractivity contribution < 1.29 is 4.74 Å². The number of nitrogens with one attached hydrogen (secondary N) is 1. The third kappa shape index (κ3) is 4.23. The van der Waals surface area contributed by atoms with Crippen molar-refractivity contribution in [3.63, 3.8) is 0 Å². The summed E-state index contributed by atoms with van der Waals surface area (Å²) in [5, 5.41) is 3.63. The number of ether oxygens (including phenoxy) is 1. The van der Waals surface area contributed by atoms with Crippen LogP contribution in [-0.2, 0) is 0 Å². The molecule has 2 heteroatoms. The SMILES string of the molecule is CCNC1CC(C)CC(C)C1Oc1cccc(C(C)C)c1. The standard InChI is InChI=1S/C19H31NO/c1-6-20-18-11-14(4)10-15(5)19(18)21-17-9-7-8-16(12-17)13(2)3/h7-9,12-15,18-20H,6,10-11H2,1-5H3. The molecule has 2 nitrogen and oxygen atoms in total. The minimum absolute atomic E-state index is 0.281. The molecule has 4 atom stereocenters. The van der Waals surface area contributed by atoms with E-state index < -0.39 is 0 Å². The lowest BCUT2D eigenvalue weighted by Gasteiger charge is -2.40. The molecule has 0 amide bonds. The highest BCUT2D eigenvalue weighted by Gasteiger charge is 2.35. The Labute approximate surface area is 130 Å². The van der Waals surface area contributed by atoms with Gasteiger partial charge < -0.3 is 10.1 Å². The van der Waals surface area contributed by atoms with E-state index in [2.05, 4.69) is 64.2 Å². The summed E-state index contributed by atoms with van der Waals surface area (Å²) < 4.78 is 6.41. The molecule has 1 saturated carbocycles. The predicted molar refractivity (Wildman–Crippen MR) is 90.0 cm³/mol. The van der Waals surface area contributed by atoms with Crippen LogP contribution in [0.5, 0.6) is 5.75 Å². The molecule has 0 bridgehead atoms. The van der Waals surface area contributed by atoms with Crippen molar-refractivity contribution in [3.8, 4) is 5.75 Å². The van der Waals surface area contributed by atoms with Crippen LogP contribution in [0.3, 0.4) is 0 Å². The second-order valence-corrected chi connectivity index (χ2v) is 7.03. The van der Waals surface area contributed by atoms with Gasteiger partial charge in [-0.2, -0.15) is 0 Å². The lowest BCUT2D eigenvalue weighted by Crippen LogP contribution is -2.50. The van der Waals surface area contributed by atoms with E-state index >= 15 is 0 Å². The lowest BCUT2D eigenvalue weighted by atomic mass is 9.78. The molecule has 0 aliphatic heterocycles. The fourth-order valence-electron chi connectivity index (χ4n) is 3.59. The highest BCUT2D eigenvalue weighted by atomic mass is 16.5. The monoisotopic (exact) mass is 289 g/mol. The Morgan fingerprint density at radius 2 is 2.00 bits per heavy atom. The average Bonchev–Trinajstić information content (AvgIpc) is 2.43. The van der Waals surface area contributed by atoms with Crippen LogP contribution < -0.4 is 10.1 Å². The van der Waals surface area contributed by atoms with Crippen molar-refractivity contribution in [3.05, 3.63) is 29.8 Å². The van der Waals surface area contributed by atoms with Gasteiger partial charge in [0.15, 0.2) is 0 Å². The van der Waals surface area contributed by atoms with E-state index in [1.165, 1.54) is 18.4 Å². The number of benzene rings is 1. The van der Waals surface area contributed by atoms with Gasteiger partial charge in [-0.25, -0.2) is 0 Å². The molecular weight excluding hydrogens is 258 g/mol. The molecule has 21 heavy (non-hydrogen) atoms. The molecule has 0 saturated heterocycles. The minimum Gasteiger partial charge on any atom is -0.489 e. The molecule has 4 unspecified atom stereocenters. The largest absolute Gasteiger partial charge is 0.489 e. The predicted octanol–water partition coefficient (Wildman–Crippen LogP) is 4.60. The van der Waals surface area contributed by atoms with E-state index in [1.54, 1.807) is 0 Å². The highest BCUT2D eigenvalue weighted by Crippen LogP contribution is 2.32. The van der Waals surface area contributed by atoms with Gasteiger partial charge >= 0.3 is 0 Å². The van der Waals surface area contributed by atoms with Crippen molar-refractivity contribution in [2.24, 2.45) is 11.8 Å². The Balaban J connectivity index is 2.13. The zero-order valence-corrected chi connectivity index (χ0v) is 14.2. The molecule has 0 heterocycles. The molecule has 1 N–H and O–H groups in total. The van der Waals surface area contributed by atoms with Gasteiger partial charge in [0.2, 0.25) is 0 Å². The van der Waals surface area contributed by atoms with Gasteiger partial charge in [-0.1, -0.05) is 46.8 Å². The normalized spacial score (nSPS) is 29.6. The summed E-state index contributed by atoms with van der Waals surface area (Å²) in [5.41, 5.74) is 1.35. The van der Waals surface area contributed by atoms with Crippen molar-refractivity contribution in [1.29, 1.82) is 0 Å². The van der Waals surface area contributed by atoms with E-state index in [9.17, 15) is 0 Å². The third-order valence-electron chi connectivity index (χ3n) is 4.65. The summed E-state index contributed by atoms with van der Waals surface area (Å²) in [6.07, 6.45) is 2.76. The van der Waals surface area contributed by atoms with Gasteiger partial charge in [0.1, 0.15) is 11.9 Å². The molecule has 1 aliphatic rings. The lowest BCUT2D eigenvalue weighted by molar-refractivity contribution is 0.0483. The maximum absolute atomic E-state index is 6.41. The fraction of sp³-hybridized carbons (Fsp3) is 0.684. The Bertz CT molecular complexity index is 443. The fourth-order valence-corrected chi connectivity index (χ4v) is 3.59. The van der Waals surface area contributed by atoms with Crippen molar-refractivity contribution in [2.75, 3.05) is 6.54 Å². The summed E-state index contributed by atoms with van der Waals surface area (Å²) in [5.74, 6) is 2.95. The number of rotatable bonds is 5. The molecule has 118 valence electrons. The Kier molecular flexibility index (Phi) is 5.69. The van der Waals surface area contributed by atoms with Crippen LogP contribution in [0.15, 0.2) is 24.3 Å². The maximum Gasteiger partial charge on any atom is 0.120 e. The van der Waals surface area contributed by atoms with Gasteiger partial charge in [-0.15, -0.1) is 0 Å². The molecular formula is C19H31NO. The second kappa shape index (κ2) is 7.31. The molecule has 1 aromatic rings. The summed E-state index contributed by atoms with van der Waals surface area (Å²) >= 11 is 0. The van der Waals surface area contributed by atoms with E-state index in [4.69, 9.17) is 4.74 Å². The first-order valence-electron chi connectivity index (χ1n) is 8.51. The first-order valence-corrected chi connectivity index (χ1v) is 8.51. The van der Waals surface area contributed by atoms with Gasteiger partial charge in [0, 0.05) is 6.04 Å². The molecule has 1 aliphatic carbocycles. The van der Waals surface area contributed by atoms with Crippen molar-refractivity contribution >= 4 is 0 Å². The zero-order valence-electron chi connectivity index (χ0n) is 14.2. The van der Waals surface area contributed by atoms with Crippen LogP contribution in [0.25, 0.3) is 0 Å². The van der Waals surface area contributed by atoms with Gasteiger partial charge in [0.25, 0.3) is 0 Å². The van der Waals surface area contributed by atoms with Gasteiger partial charge in [-0.05, 0) is 54.8 Å². The Hall–Kier alpha value is -1.02. The van der Waals surface area contributed by atoms with Crippen LogP contribution in [0.2, 0.25) is 0 Å². The summed E-state index contributed by atoms with van der Waals surface area (Å²) in [7, 11) is 0. The van der Waals surface area contributed by atoms with Crippen molar-refractivity contribution in [1.82, 2.24) is 5.32 Å². The summed E-state index contributed by atoms with van der Waals surface area (Å²) in [6.45, 7) is 12.3. The van der Waals surface area contributed by atoms with Crippen molar-refractivity contribution in [2.45, 2.75) is 65.5 Å². The summed E-state index contributed by atoms with van der Waals surface area (Å²) in [4.78, 5) is 0. The van der Waals surface area contributed by atoms with E-state index in [1.807, 2.05) is 0 Å². The Morgan fingerprint density at radius 3 is 2.67 bits per heavy atom. The molecule has 0 radical (unpaired) electrons. The van der Waals surface area contributed by atoms with Gasteiger partial charge in [-0.3, -0.25) is 0 Å². The smallest absolute Gasteiger partial charge is 0.120 e. The van der Waals surface area contributed by atoms with E-state index in [-0.39, 0.29) is 6.10 Å². The topological polar surface area (TPSA) is 21.3 Å². The first-order chi connectivity index (χ1) is 10.0. The number of hydrogen-bond acceptors (Lipinski definition) is 2. The molecule has 0 aromatic heterocycles. The molecule has 2 rings (SSSR count).